The van der Waals surface area contributed by atoms with E-state index in [4.69, 9.17) is 0 Å². The molecular weight excluding hydrogens is 385 g/mol. The zero-order valence-electron chi connectivity index (χ0n) is 14.5. The van der Waals surface area contributed by atoms with Gasteiger partial charge < -0.3 is 38.7 Å². The first kappa shape index (κ1) is 28.0. The first-order valence-electron chi connectivity index (χ1n) is 7.54. The molecule has 135 valence electrons. The summed E-state index contributed by atoms with van der Waals surface area (Å²) in [6.07, 6.45) is 4.08. The van der Waals surface area contributed by atoms with Gasteiger partial charge in [0, 0.05) is 45.1 Å². The molecule has 1 atom stereocenters. The quantitative estimate of drug-likeness (QED) is 0.356. The van der Waals surface area contributed by atoms with Crippen molar-refractivity contribution in [1.29, 1.82) is 0 Å². The second-order valence-corrected chi connectivity index (χ2v) is 5.08. The van der Waals surface area contributed by atoms with E-state index in [-0.39, 0.29) is 46.6 Å². The Kier molecular flexibility index (Phi) is 21.6. The van der Waals surface area contributed by atoms with Gasteiger partial charge in [-0.05, 0) is 37.7 Å². The number of carboxylic acid groups (broad SMARTS) is 2. The molecule has 7 heteroatoms. The van der Waals surface area contributed by atoms with Crippen molar-refractivity contribution in [2.45, 2.75) is 44.6 Å². The van der Waals surface area contributed by atoms with E-state index in [0.29, 0.717) is 12.8 Å². The summed E-state index contributed by atoms with van der Waals surface area (Å²) >= 11 is 0. The van der Waals surface area contributed by atoms with Crippen LogP contribution in [0.3, 0.4) is 0 Å². The molecule has 1 rings (SSSR count). The van der Waals surface area contributed by atoms with E-state index < -0.39 is 18.0 Å². The van der Waals surface area contributed by atoms with Gasteiger partial charge in [-0.3, -0.25) is 0 Å². The summed E-state index contributed by atoms with van der Waals surface area (Å²) in [5.41, 5.74) is 8.25. The molecule has 0 bridgehead atoms. The Morgan fingerprint density at radius 1 is 1.04 bits per heavy atom. The maximum Gasteiger partial charge on any atom is 0.124 e. The van der Waals surface area contributed by atoms with Crippen LogP contribution in [-0.4, -0.2) is 24.5 Å². The molecule has 0 aromatic heterocycles. The molecule has 1 aromatic carbocycles. The second kappa shape index (κ2) is 18.5. The van der Waals surface area contributed by atoms with Gasteiger partial charge in [0.15, 0.2) is 0 Å². The van der Waals surface area contributed by atoms with Crippen LogP contribution >= 0.6 is 0 Å². The summed E-state index contributed by atoms with van der Waals surface area (Å²) in [4.78, 5) is 20.2. The summed E-state index contributed by atoms with van der Waals surface area (Å²) in [5.74, 6) is -2.02. The minimum Gasteiger partial charge on any atom is -0.550 e. The van der Waals surface area contributed by atoms with E-state index in [1.807, 2.05) is 30.3 Å². The molecular formula is C17H29N2O4Y-. The summed E-state index contributed by atoms with van der Waals surface area (Å²) < 4.78 is 0. The van der Waals surface area contributed by atoms with Gasteiger partial charge in [0.2, 0.25) is 0 Å². The molecule has 0 heterocycles. The van der Waals surface area contributed by atoms with Crippen LogP contribution in [0.15, 0.2) is 30.3 Å². The Morgan fingerprint density at radius 2 is 1.62 bits per heavy atom. The summed E-state index contributed by atoms with van der Waals surface area (Å²) in [5, 5.41) is 20.2. The number of unbranched alkanes of at least 4 members (excludes halogenated alkanes) is 1. The Hall–Kier alpha value is -0.816. The fourth-order valence-corrected chi connectivity index (χ4v) is 1.77. The molecule has 1 unspecified atom stereocenters. The Bertz CT molecular complexity index is 430. The van der Waals surface area contributed by atoms with Gasteiger partial charge in [0.05, 0.1) is 12.5 Å². The average Bonchev–Trinajstić information content (AvgIpc) is 2.48. The third-order valence-electron chi connectivity index (χ3n) is 3.08. The van der Waals surface area contributed by atoms with E-state index >= 15 is 0 Å². The van der Waals surface area contributed by atoms with Gasteiger partial charge in [-0.1, -0.05) is 30.3 Å². The number of quaternary nitrogens is 2. The molecule has 0 aliphatic carbocycles. The van der Waals surface area contributed by atoms with Gasteiger partial charge in [0.1, 0.15) is 6.04 Å². The van der Waals surface area contributed by atoms with Gasteiger partial charge in [-0.25, -0.2) is 0 Å². The second-order valence-electron chi connectivity index (χ2n) is 5.08. The predicted octanol–water partition coefficient (Wildman–Crippen LogP) is -2.03. The van der Waals surface area contributed by atoms with E-state index in [1.165, 1.54) is 5.56 Å². The number of carbonyl (C=O) groups excluding carboxylic acids is 2. The molecule has 0 spiro atoms. The van der Waals surface area contributed by atoms with Crippen LogP contribution in [0.2, 0.25) is 0 Å². The number of carboxylic acids is 2. The smallest absolute Gasteiger partial charge is 0.124 e. The minimum absolute atomic E-state index is 0. The number of benzene rings is 1. The molecule has 0 saturated carbocycles. The molecule has 1 radical (unpaired) electrons. The topological polar surface area (TPSA) is 136 Å². The normalized spacial score (nSPS) is 10.2. The van der Waals surface area contributed by atoms with E-state index in [9.17, 15) is 19.8 Å². The SMILES string of the molecule is O=C([O-])CCCc1ccccc1.[CH3-].[NH3+]CCCCC([NH3+])C(=O)[O-].[Y]. The van der Waals surface area contributed by atoms with Crippen molar-refractivity contribution in [3.05, 3.63) is 43.3 Å². The molecule has 6 N–H and O–H groups in total. The van der Waals surface area contributed by atoms with Crippen molar-refractivity contribution in [2.24, 2.45) is 0 Å². The van der Waals surface area contributed by atoms with E-state index in [0.717, 1.165) is 25.8 Å². The summed E-state index contributed by atoms with van der Waals surface area (Å²) in [7, 11) is 0. The van der Waals surface area contributed by atoms with Crippen LogP contribution in [0.5, 0.6) is 0 Å². The van der Waals surface area contributed by atoms with Gasteiger partial charge >= 0.3 is 0 Å². The van der Waals surface area contributed by atoms with Crippen LogP contribution in [0.1, 0.15) is 37.7 Å². The van der Waals surface area contributed by atoms with Crippen molar-refractivity contribution < 1.29 is 64.0 Å². The molecule has 1 aromatic rings. The molecule has 0 amide bonds. The number of aryl methyl sites for hydroxylation is 1. The Morgan fingerprint density at radius 3 is 2.08 bits per heavy atom. The Balaban J connectivity index is -0.000000345. The molecule has 6 nitrogen and oxygen atoms in total. The molecule has 0 aliphatic rings. The minimum atomic E-state index is -1.05. The fourth-order valence-electron chi connectivity index (χ4n) is 1.77. The molecule has 0 saturated heterocycles. The number of carbonyl (C=O) groups is 2. The largest absolute Gasteiger partial charge is 0.550 e. The number of hydrogen-bond donors (Lipinski definition) is 2. The number of hydrogen-bond acceptors (Lipinski definition) is 4. The fraction of sp³-hybridized carbons (Fsp3) is 0.471. The van der Waals surface area contributed by atoms with Crippen molar-refractivity contribution in [2.75, 3.05) is 6.54 Å². The van der Waals surface area contributed by atoms with Crippen LogP contribution in [-0.2, 0) is 48.7 Å². The first-order valence-corrected chi connectivity index (χ1v) is 7.54. The van der Waals surface area contributed by atoms with E-state index in [1.54, 1.807) is 0 Å². The van der Waals surface area contributed by atoms with Crippen molar-refractivity contribution in [3.63, 3.8) is 0 Å². The van der Waals surface area contributed by atoms with Crippen LogP contribution in [0.25, 0.3) is 0 Å². The Labute approximate surface area is 169 Å². The maximum absolute atomic E-state index is 10.1. The third-order valence-corrected chi connectivity index (χ3v) is 3.08. The molecule has 0 aliphatic heterocycles. The zero-order valence-corrected chi connectivity index (χ0v) is 17.4. The maximum atomic E-state index is 10.1. The monoisotopic (exact) mass is 414 g/mol. The van der Waals surface area contributed by atoms with Crippen LogP contribution < -0.4 is 21.7 Å². The average molecular weight is 414 g/mol. The van der Waals surface area contributed by atoms with Crippen molar-refractivity contribution in [1.82, 2.24) is 0 Å². The number of aliphatic carboxylic acids is 2. The molecule has 24 heavy (non-hydrogen) atoms. The first-order chi connectivity index (χ1) is 10.5. The van der Waals surface area contributed by atoms with Crippen molar-refractivity contribution >= 4 is 11.9 Å². The van der Waals surface area contributed by atoms with Crippen LogP contribution in [0.4, 0.5) is 0 Å². The van der Waals surface area contributed by atoms with Crippen LogP contribution in [0, 0.1) is 7.43 Å². The van der Waals surface area contributed by atoms with Gasteiger partial charge in [0.25, 0.3) is 0 Å². The van der Waals surface area contributed by atoms with Gasteiger partial charge in [-0.2, -0.15) is 0 Å². The molecule has 0 fully saturated rings. The number of rotatable bonds is 9. The predicted molar refractivity (Wildman–Crippen MR) is 84.1 cm³/mol. The van der Waals surface area contributed by atoms with E-state index in [2.05, 4.69) is 11.5 Å². The zero-order chi connectivity index (χ0) is 16.8. The standard InChI is InChI=1S/C10H12O2.C6H14N2O2.CH3.Y/c11-10(12)8-4-7-9-5-2-1-3-6-9;7-4-2-1-3-5(8)6(9)10;;/h1-3,5-6H,4,7-8H2,(H,11,12);5H,1-4,7-8H2,(H,9,10);1H3;/q;;-1;. The summed E-state index contributed by atoms with van der Waals surface area (Å²) in [6.45, 7) is 0.861. The van der Waals surface area contributed by atoms with Gasteiger partial charge in [-0.15, -0.1) is 0 Å². The summed E-state index contributed by atoms with van der Waals surface area (Å²) in [6, 6.07) is 9.29. The van der Waals surface area contributed by atoms with Crippen molar-refractivity contribution in [3.8, 4) is 0 Å². The third kappa shape index (κ3) is 17.5.